The third-order valence-electron chi connectivity index (χ3n) is 5.73. The second-order valence-corrected chi connectivity index (χ2v) is 9.09. The summed E-state index contributed by atoms with van der Waals surface area (Å²) in [7, 11) is 1.74. The van der Waals surface area contributed by atoms with E-state index in [9.17, 15) is 4.79 Å². The van der Waals surface area contributed by atoms with Crippen molar-refractivity contribution in [3.63, 3.8) is 0 Å². The van der Waals surface area contributed by atoms with E-state index in [0.29, 0.717) is 42.3 Å². The van der Waals surface area contributed by atoms with Crippen LogP contribution in [-0.2, 0) is 0 Å². The van der Waals surface area contributed by atoms with E-state index in [-0.39, 0.29) is 5.91 Å². The predicted molar refractivity (Wildman–Crippen MR) is 133 cm³/mol. The number of likely N-dealkylation sites (N-methyl/N-ethyl adjacent to an activating group) is 1. The maximum Gasteiger partial charge on any atom is 0.273 e. The van der Waals surface area contributed by atoms with E-state index < -0.39 is 0 Å². The van der Waals surface area contributed by atoms with Crippen LogP contribution in [0.1, 0.15) is 34.9 Å². The number of hydrogen-bond donors (Lipinski definition) is 1. The van der Waals surface area contributed by atoms with Gasteiger partial charge in [-0.15, -0.1) is 11.3 Å². The minimum atomic E-state index is -0.150. The zero-order valence-electron chi connectivity index (χ0n) is 19.2. The van der Waals surface area contributed by atoms with Crippen molar-refractivity contribution in [2.75, 3.05) is 45.2 Å². The minimum Gasteiger partial charge on any atom is -0.492 e. The summed E-state index contributed by atoms with van der Waals surface area (Å²) in [6.07, 6.45) is 2.13. The summed E-state index contributed by atoms with van der Waals surface area (Å²) in [4.78, 5) is 25.8. The van der Waals surface area contributed by atoms with Crippen LogP contribution < -0.4 is 10.1 Å². The molecule has 1 fully saturated rings. The molecule has 0 spiro atoms. The number of hydrogen-bond acceptors (Lipinski definition) is 8. The van der Waals surface area contributed by atoms with Crippen molar-refractivity contribution in [2.24, 2.45) is 0 Å². The topological polar surface area (TPSA) is 94.4 Å². The Hall–Kier alpha value is -3.48. The first-order chi connectivity index (χ1) is 16.6. The number of nitrogens with one attached hydrogen (secondary N) is 1. The number of carbonyl (C=O) groups is 1. The van der Waals surface area contributed by atoms with Crippen LogP contribution in [0.5, 0.6) is 5.75 Å². The Balaban J connectivity index is 1.32. The number of likely N-dealkylation sites (tertiary alicyclic amines) is 1. The second kappa shape index (κ2) is 11.6. The molecule has 0 saturated carbocycles. The molecule has 3 heterocycles. The van der Waals surface area contributed by atoms with Gasteiger partial charge in [-0.05, 0) is 43.7 Å². The molecule has 1 aliphatic heterocycles. The molecular formula is C25H28N6O2S. The van der Waals surface area contributed by atoms with Crippen LogP contribution in [0.25, 0.3) is 0 Å². The number of carbonyl (C=O) groups excluding carboxylic acids is 1. The molecule has 1 aliphatic rings. The molecule has 0 radical (unpaired) electrons. The highest BCUT2D eigenvalue weighted by Crippen LogP contribution is 2.27. The summed E-state index contributed by atoms with van der Waals surface area (Å²) >= 11 is 1.37. The molecule has 0 unspecified atom stereocenters. The third-order valence-corrected chi connectivity index (χ3v) is 6.49. The van der Waals surface area contributed by atoms with Gasteiger partial charge >= 0.3 is 0 Å². The molecule has 3 aromatic rings. The Morgan fingerprint density at radius 3 is 2.94 bits per heavy atom. The zero-order valence-corrected chi connectivity index (χ0v) is 20.0. The van der Waals surface area contributed by atoms with Crippen LogP contribution in [0.4, 0.5) is 10.9 Å². The maximum absolute atomic E-state index is 12.7. The van der Waals surface area contributed by atoms with Gasteiger partial charge in [-0.25, -0.2) is 9.97 Å². The lowest BCUT2D eigenvalue weighted by molar-refractivity contribution is 0.0769. The number of aromatic nitrogens is 2. The highest BCUT2D eigenvalue weighted by Gasteiger charge is 2.22. The molecule has 1 saturated heterocycles. The highest BCUT2D eigenvalue weighted by atomic mass is 32.1. The van der Waals surface area contributed by atoms with Gasteiger partial charge in [-0.2, -0.15) is 5.26 Å². The van der Waals surface area contributed by atoms with Crippen LogP contribution in [0.3, 0.4) is 0 Å². The summed E-state index contributed by atoms with van der Waals surface area (Å²) in [6, 6.07) is 17.7. The summed E-state index contributed by atoms with van der Waals surface area (Å²) < 4.78 is 5.68. The fourth-order valence-corrected chi connectivity index (χ4v) is 4.63. The summed E-state index contributed by atoms with van der Waals surface area (Å²) in [5.74, 6) is 1.64. The van der Waals surface area contributed by atoms with Gasteiger partial charge in [-0.1, -0.05) is 24.3 Å². The van der Waals surface area contributed by atoms with E-state index in [0.717, 1.165) is 37.4 Å². The normalized spacial score (nSPS) is 15.9. The van der Waals surface area contributed by atoms with Gasteiger partial charge in [0.1, 0.15) is 23.9 Å². The van der Waals surface area contributed by atoms with Crippen LogP contribution >= 0.6 is 11.3 Å². The zero-order chi connectivity index (χ0) is 23.8. The SMILES string of the molecule is CN(CCOc1ccccc1)C(=O)c1csc(Nc2cccc([C@@H]3CCCN(CC#N)C3)n2)n1. The third kappa shape index (κ3) is 6.31. The van der Waals surface area contributed by atoms with Crippen molar-refractivity contribution in [2.45, 2.75) is 18.8 Å². The molecule has 1 aromatic carbocycles. The standard InChI is InChI=1S/C25H28N6O2S/c1-30(15-16-33-20-8-3-2-4-9-20)24(32)22-18-34-25(28-22)29-23-11-5-10-21(27-23)19-7-6-13-31(17-19)14-12-26/h2-5,8-11,18-19H,6-7,13-17H2,1H3,(H,27,28,29)/t19-/m1/s1. The number of rotatable bonds is 9. The molecule has 176 valence electrons. The van der Waals surface area contributed by atoms with Gasteiger partial charge in [0.25, 0.3) is 5.91 Å². The number of benzene rings is 1. The molecular weight excluding hydrogens is 448 g/mol. The molecule has 2 aromatic heterocycles. The quantitative estimate of drug-likeness (QED) is 0.464. The number of thiazole rings is 1. The fourth-order valence-electron chi connectivity index (χ4n) is 3.94. The Morgan fingerprint density at radius 2 is 2.12 bits per heavy atom. The Morgan fingerprint density at radius 1 is 1.26 bits per heavy atom. The molecule has 8 nitrogen and oxygen atoms in total. The van der Waals surface area contributed by atoms with Crippen LogP contribution in [0, 0.1) is 11.3 Å². The monoisotopic (exact) mass is 476 g/mol. The molecule has 0 bridgehead atoms. The van der Waals surface area contributed by atoms with Crippen LogP contribution in [-0.4, -0.2) is 65.5 Å². The number of nitriles is 1. The lowest BCUT2D eigenvalue weighted by Crippen LogP contribution is -2.34. The van der Waals surface area contributed by atoms with Crippen molar-refractivity contribution < 1.29 is 9.53 Å². The summed E-state index contributed by atoms with van der Waals surface area (Å²) in [5, 5.41) is 14.6. The lowest BCUT2D eigenvalue weighted by atomic mass is 9.94. The van der Waals surface area contributed by atoms with E-state index in [1.54, 1.807) is 17.3 Å². The number of nitrogens with zero attached hydrogens (tertiary/aromatic N) is 5. The van der Waals surface area contributed by atoms with Crippen molar-refractivity contribution in [3.05, 3.63) is 65.3 Å². The molecule has 1 atom stereocenters. The number of anilines is 2. The number of amides is 1. The van der Waals surface area contributed by atoms with E-state index in [1.165, 1.54) is 11.3 Å². The Labute approximate surface area is 203 Å². The minimum absolute atomic E-state index is 0.150. The van der Waals surface area contributed by atoms with Gasteiger partial charge in [0.15, 0.2) is 5.13 Å². The first kappa shape index (κ1) is 23.7. The van der Waals surface area contributed by atoms with Crippen LogP contribution in [0.15, 0.2) is 53.9 Å². The maximum atomic E-state index is 12.7. The average Bonchev–Trinajstić information content (AvgIpc) is 3.33. The highest BCUT2D eigenvalue weighted by molar-refractivity contribution is 7.14. The number of piperidine rings is 1. The Kier molecular flexibility index (Phi) is 8.07. The van der Waals surface area contributed by atoms with Crippen molar-refractivity contribution in [1.29, 1.82) is 5.26 Å². The number of pyridine rings is 1. The summed E-state index contributed by atoms with van der Waals surface area (Å²) in [5.41, 5.74) is 1.41. The largest absolute Gasteiger partial charge is 0.492 e. The van der Waals surface area contributed by atoms with Gasteiger partial charge in [0, 0.05) is 30.6 Å². The van der Waals surface area contributed by atoms with Crippen LogP contribution in [0.2, 0.25) is 0 Å². The number of ether oxygens (including phenoxy) is 1. The molecule has 4 rings (SSSR count). The Bertz CT molecular complexity index is 1130. The average molecular weight is 477 g/mol. The smallest absolute Gasteiger partial charge is 0.273 e. The van der Waals surface area contributed by atoms with Gasteiger partial charge in [0.05, 0.1) is 19.2 Å². The molecule has 1 amide bonds. The van der Waals surface area contributed by atoms with Crippen molar-refractivity contribution in [1.82, 2.24) is 19.8 Å². The fraction of sp³-hybridized carbons (Fsp3) is 0.360. The molecule has 1 N–H and O–H groups in total. The van der Waals surface area contributed by atoms with Crippen molar-refractivity contribution in [3.8, 4) is 11.8 Å². The van der Waals surface area contributed by atoms with Gasteiger partial charge in [0.2, 0.25) is 0 Å². The van der Waals surface area contributed by atoms with Gasteiger partial charge < -0.3 is 15.0 Å². The van der Waals surface area contributed by atoms with E-state index in [4.69, 9.17) is 15.0 Å². The van der Waals surface area contributed by atoms with E-state index in [1.807, 2.05) is 48.5 Å². The summed E-state index contributed by atoms with van der Waals surface area (Å²) in [6.45, 7) is 3.13. The number of para-hydroxylation sites is 1. The molecule has 9 heteroatoms. The van der Waals surface area contributed by atoms with Crippen molar-refractivity contribution >= 4 is 28.2 Å². The molecule has 34 heavy (non-hydrogen) atoms. The predicted octanol–water partition coefficient (Wildman–Crippen LogP) is 4.14. The first-order valence-corrected chi connectivity index (χ1v) is 12.2. The first-order valence-electron chi connectivity index (χ1n) is 11.3. The second-order valence-electron chi connectivity index (χ2n) is 8.23. The van der Waals surface area contributed by atoms with E-state index in [2.05, 4.69) is 21.3 Å². The van der Waals surface area contributed by atoms with Gasteiger partial charge in [-0.3, -0.25) is 9.69 Å². The molecule has 0 aliphatic carbocycles. The van der Waals surface area contributed by atoms with E-state index >= 15 is 0 Å². The lowest BCUT2D eigenvalue weighted by Gasteiger charge is -2.30.